The van der Waals surface area contributed by atoms with Crippen molar-refractivity contribution < 1.29 is 35.9 Å². The zero-order valence-corrected chi connectivity index (χ0v) is 10.6. The molecule has 0 aliphatic heterocycles. The van der Waals surface area contributed by atoms with E-state index in [0.29, 0.717) is 0 Å². The van der Waals surface area contributed by atoms with Crippen LogP contribution in [-0.2, 0) is 9.53 Å². The standard InChI is InChI=1S/C13H10F6O2/c1-21-10(20)7-9(8-5-3-2-4-6-8)11(12(14,15)16)13(17,18)19/h2-7,11H,1H3. The van der Waals surface area contributed by atoms with Crippen molar-refractivity contribution in [3.63, 3.8) is 0 Å². The van der Waals surface area contributed by atoms with Crippen LogP contribution in [0.3, 0.4) is 0 Å². The third-order valence-electron chi connectivity index (χ3n) is 2.55. The molecule has 0 amide bonds. The van der Waals surface area contributed by atoms with Crippen LogP contribution < -0.4 is 0 Å². The van der Waals surface area contributed by atoms with Gasteiger partial charge in [0.2, 0.25) is 0 Å². The molecule has 0 bridgehead atoms. The van der Waals surface area contributed by atoms with Crippen LogP contribution in [0.1, 0.15) is 5.56 Å². The molecule has 0 radical (unpaired) electrons. The number of benzene rings is 1. The van der Waals surface area contributed by atoms with Gasteiger partial charge in [0.1, 0.15) is 0 Å². The predicted octanol–water partition coefficient (Wildman–Crippen LogP) is 3.98. The van der Waals surface area contributed by atoms with Crippen molar-refractivity contribution in [3.05, 3.63) is 42.0 Å². The minimum atomic E-state index is -5.59. The van der Waals surface area contributed by atoms with Crippen LogP contribution in [-0.4, -0.2) is 25.4 Å². The van der Waals surface area contributed by atoms with Crippen molar-refractivity contribution in [1.82, 2.24) is 0 Å². The Hall–Kier alpha value is -1.99. The topological polar surface area (TPSA) is 26.3 Å². The summed E-state index contributed by atoms with van der Waals surface area (Å²) in [6.07, 6.45) is -11.0. The first kappa shape index (κ1) is 17.1. The lowest BCUT2D eigenvalue weighted by Crippen LogP contribution is -2.37. The van der Waals surface area contributed by atoms with Crippen LogP contribution >= 0.6 is 0 Å². The summed E-state index contributed by atoms with van der Waals surface area (Å²) in [5, 5.41) is 0. The quantitative estimate of drug-likeness (QED) is 0.479. The maximum absolute atomic E-state index is 12.8. The molecule has 0 aliphatic rings. The van der Waals surface area contributed by atoms with Crippen molar-refractivity contribution >= 4 is 11.5 Å². The van der Waals surface area contributed by atoms with Gasteiger partial charge in [-0.1, -0.05) is 30.3 Å². The number of esters is 1. The largest absolute Gasteiger partial charge is 0.466 e. The average Bonchev–Trinajstić information content (AvgIpc) is 2.35. The van der Waals surface area contributed by atoms with E-state index in [4.69, 9.17) is 0 Å². The molecule has 0 saturated heterocycles. The molecule has 1 rings (SSSR count). The van der Waals surface area contributed by atoms with Crippen molar-refractivity contribution in [2.45, 2.75) is 12.4 Å². The third-order valence-corrected chi connectivity index (χ3v) is 2.55. The molecule has 0 fully saturated rings. The number of hydrogen-bond donors (Lipinski definition) is 0. The smallest absolute Gasteiger partial charge is 0.404 e. The van der Waals surface area contributed by atoms with Gasteiger partial charge in [0.25, 0.3) is 0 Å². The Labute approximate surface area is 116 Å². The van der Waals surface area contributed by atoms with Gasteiger partial charge in [0, 0.05) is 6.08 Å². The fraction of sp³-hybridized carbons (Fsp3) is 0.308. The third kappa shape index (κ3) is 4.51. The number of rotatable bonds is 3. The summed E-state index contributed by atoms with van der Waals surface area (Å²) in [4.78, 5) is 11.1. The fourth-order valence-electron chi connectivity index (χ4n) is 1.69. The van der Waals surface area contributed by atoms with E-state index in [1.165, 1.54) is 18.2 Å². The monoisotopic (exact) mass is 312 g/mol. The first-order valence-corrected chi connectivity index (χ1v) is 5.55. The SMILES string of the molecule is COC(=O)C=C(c1ccccc1)C(C(F)(F)F)C(F)(F)F. The van der Waals surface area contributed by atoms with Gasteiger partial charge in [-0.05, 0) is 11.1 Å². The lowest BCUT2D eigenvalue weighted by Gasteiger charge is -2.25. The van der Waals surface area contributed by atoms with E-state index in [1.54, 1.807) is 0 Å². The maximum atomic E-state index is 12.8. The Balaban J connectivity index is 3.48. The van der Waals surface area contributed by atoms with Crippen molar-refractivity contribution in [2.24, 2.45) is 5.92 Å². The number of allylic oxidation sites excluding steroid dienone is 1. The lowest BCUT2D eigenvalue weighted by molar-refractivity contribution is -0.263. The van der Waals surface area contributed by atoms with Crippen LogP contribution in [0.4, 0.5) is 26.3 Å². The highest BCUT2D eigenvalue weighted by atomic mass is 19.4. The Morgan fingerprint density at radius 3 is 1.90 bits per heavy atom. The molecule has 0 heterocycles. The summed E-state index contributed by atoms with van der Waals surface area (Å²) >= 11 is 0. The van der Waals surface area contributed by atoms with E-state index in [1.807, 2.05) is 0 Å². The van der Waals surface area contributed by atoms with E-state index in [9.17, 15) is 31.1 Å². The van der Waals surface area contributed by atoms with E-state index in [-0.39, 0.29) is 11.6 Å². The van der Waals surface area contributed by atoms with Crippen molar-refractivity contribution in [2.75, 3.05) is 7.11 Å². The summed E-state index contributed by atoms with van der Waals surface area (Å²) in [5.41, 5.74) is -1.56. The van der Waals surface area contributed by atoms with Crippen LogP contribution in [0, 0.1) is 5.92 Å². The fourth-order valence-corrected chi connectivity index (χ4v) is 1.69. The van der Waals surface area contributed by atoms with Crippen LogP contribution in [0.5, 0.6) is 0 Å². The molecule has 1 aromatic rings. The molecule has 0 N–H and O–H groups in total. The summed E-state index contributed by atoms with van der Waals surface area (Å²) in [5.74, 6) is -5.07. The van der Waals surface area contributed by atoms with E-state index in [0.717, 1.165) is 19.2 Å². The summed E-state index contributed by atoms with van der Waals surface area (Å²) in [6, 6.07) is 6.07. The van der Waals surface area contributed by atoms with E-state index < -0.39 is 29.8 Å². The van der Waals surface area contributed by atoms with Gasteiger partial charge < -0.3 is 4.74 Å². The van der Waals surface area contributed by atoms with Crippen molar-refractivity contribution in [1.29, 1.82) is 0 Å². The molecule has 21 heavy (non-hydrogen) atoms. The highest BCUT2D eigenvalue weighted by molar-refractivity contribution is 5.92. The Morgan fingerprint density at radius 1 is 1.05 bits per heavy atom. The highest BCUT2D eigenvalue weighted by Gasteiger charge is 2.58. The second-order valence-electron chi connectivity index (χ2n) is 4.01. The average molecular weight is 312 g/mol. The zero-order chi connectivity index (χ0) is 16.3. The lowest BCUT2D eigenvalue weighted by atomic mass is 9.91. The van der Waals surface area contributed by atoms with Crippen molar-refractivity contribution in [3.8, 4) is 0 Å². The first-order chi connectivity index (χ1) is 9.57. The Kier molecular flexibility index (Phi) is 5.03. The number of alkyl halides is 6. The van der Waals surface area contributed by atoms with Crippen LogP contribution in [0.15, 0.2) is 36.4 Å². The molecule has 8 heteroatoms. The molecule has 0 spiro atoms. The predicted molar refractivity (Wildman–Crippen MR) is 62.0 cm³/mol. The minimum absolute atomic E-state index is 0.209. The minimum Gasteiger partial charge on any atom is -0.466 e. The van der Waals surface area contributed by atoms with Gasteiger partial charge in [-0.25, -0.2) is 4.79 Å². The second-order valence-corrected chi connectivity index (χ2v) is 4.01. The van der Waals surface area contributed by atoms with Gasteiger partial charge in [-0.3, -0.25) is 0 Å². The summed E-state index contributed by atoms with van der Waals surface area (Å²) in [7, 11) is 0.859. The van der Waals surface area contributed by atoms with Crippen LogP contribution in [0.25, 0.3) is 5.57 Å². The zero-order valence-electron chi connectivity index (χ0n) is 10.6. The van der Waals surface area contributed by atoms with E-state index in [2.05, 4.69) is 4.74 Å². The van der Waals surface area contributed by atoms with Gasteiger partial charge >= 0.3 is 18.3 Å². The van der Waals surface area contributed by atoms with Gasteiger partial charge in [0.05, 0.1) is 7.11 Å². The molecule has 0 atom stereocenters. The molecular formula is C13H10F6O2. The first-order valence-electron chi connectivity index (χ1n) is 5.55. The molecule has 116 valence electrons. The van der Waals surface area contributed by atoms with Gasteiger partial charge in [-0.15, -0.1) is 0 Å². The molecule has 0 unspecified atom stereocenters. The summed E-state index contributed by atoms with van der Waals surface area (Å²) in [6.45, 7) is 0. The molecular weight excluding hydrogens is 302 g/mol. The normalized spacial score (nSPS) is 13.4. The number of hydrogen-bond acceptors (Lipinski definition) is 2. The Morgan fingerprint density at radius 2 is 1.52 bits per heavy atom. The second kappa shape index (κ2) is 6.19. The van der Waals surface area contributed by atoms with Gasteiger partial charge in [-0.2, -0.15) is 26.3 Å². The van der Waals surface area contributed by atoms with E-state index >= 15 is 0 Å². The Bertz CT molecular complexity index is 502. The summed E-state index contributed by atoms with van der Waals surface area (Å²) < 4.78 is 80.9. The molecule has 2 nitrogen and oxygen atoms in total. The molecule has 1 aromatic carbocycles. The maximum Gasteiger partial charge on any atom is 0.404 e. The molecule has 0 aliphatic carbocycles. The van der Waals surface area contributed by atoms with Gasteiger partial charge in [0.15, 0.2) is 5.92 Å². The molecule has 0 saturated carbocycles. The number of ether oxygens (including phenoxy) is 1. The van der Waals surface area contributed by atoms with Crippen LogP contribution in [0.2, 0.25) is 0 Å². The number of methoxy groups -OCH3 is 1. The number of halogens is 6. The molecule has 0 aromatic heterocycles. The number of carbonyl (C=O) groups is 1. The number of carbonyl (C=O) groups excluding carboxylic acids is 1. The highest BCUT2D eigenvalue weighted by Crippen LogP contribution is 2.47.